The number of nitrogens with one attached hydrogen (secondary N) is 1. The molecule has 0 aliphatic carbocycles. The summed E-state index contributed by atoms with van der Waals surface area (Å²) in [6.07, 6.45) is -1.93. The number of amides is 1. The van der Waals surface area contributed by atoms with Gasteiger partial charge in [0.1, 0.15) is 5.54 Å². The summed E-state index contributed by atoms with van der Waals surface area (Å²) in [5, 5.41) is 13.8. The van der Waals surface area contributed by atoms with Crippen LogP contribution in [0.1, 0.15) is 33.0 Å². The number of halogens is 3. The van der Waals surface area contributed by atoms with Crippen molar-refractivity contribution in [2.24, 2.45) is 5.92 Å². The number of likely N-dealkylation sites (N-methyl/N-ethyl adjacent to an activating group) is 1. The van der Waals surface area contributed by atoms with E-state index in [1.807, 2.05) is 0 Å². The molecule has 1 aromatic heterocycles. The molecule has 1 saturated heterocycles. The second-order valence-electron chi connectivity index (χ2n) is 8.87. The highest BCUT2D eigenvalue weighted by Crippen LogP contribution is 2.57. The maximum Gasteiger partial charge on any atom is 0.418 e. The zero-order chi connectivity index (χ0) is 25.8. The zero-order valence-electron chi connectivity index (χ0n) is 18.8. The Morgan fingerprint density at radius 1 is 1.19 bits per heavy atom. The molecule has 1 spiro atoms. The van der Waals surface area contributed by atoms with Crippen LogP contribution in [0.3, 0.4) is 0 Å². The van der Waals surface area contributed by atoms with Gasteiger partial charge >= 0.3 is 6.18 Å². The fourth-order valence-electron chi connectivity index (χ4n) is 5.56. The van der Waals surface area contributed by atoms with Crippen LogP contribution in [0.25, 0.3) is 0 Å². The molecule has 1 fully saturated rings. The summed E-state index contributed by atoms with van der Waals surface area (Å²) in [6.45, 7) is 0.0982. The van der Waals surface area contributed by atoms with Gasteiger partial charge in [0.25, 0.3) is 5.69 Å². The zero-order valence-corrected chi connectivity index (χ0v) is 18.8. The van der Waals surface area contributed by atoms with Crippen LogP contribution in [-0.2, 0) is 16.5 Å². The molecular formula is C25H19F3N4O4. The number of carbonyl (C=O) groups excluding carboxylic acids is 2. The SMILES string of the molecule is CN1C[C@@H](c2cccc([N+](=O)[O-])c2)[C@H](C(=O)c2cccnc2)[C@]12C(=O)Nc1c(C(F)(F)F)cccc12. The fourth-order valence-corrected chi connectivity index (χ4v) is 5.56. The van der Waals surface area contributed by atoms with E-state index in [0.717, 1.165) is 6.07 Å². The van der Waals surface area contributed by atoms with E-state index >= 15 is 0 Å². The van der Waals surface area contributed by atoms with Gasteiger partial charge in [0.15, 0.2) is 5.78 Å². The molecule has 3 heterocycles. The fraction of sp³-hybridized carbons (Fsp3) is 0.240. The molecule has 2 aliphatic heterocycles. The number of nitro benzene ring substituents is 1. The number of ketones is 1. The van der Waals surface area contributed by atoms with Gasteiger partial charge in [-0.05, 0) is 30.8 Å². The number of anilines is 1. The van der Waals surface area contributed by atoms with Crippen molar-refractivity contribution in [3.63, 3.8) is 0 Å². The summed E-state index contributed by atoms with van der Waals surface area (Å²) in [5.41, 5.74) is -2.70. The third kappa shape index (κ3) is 3.38. The Labute approximate surface area is 202 Å². The molecule has 5 rings (SSSR count). The van der Waals surface area contributed by atoms with Crippen LogP contribution < -0.4 is 5.32 Å². The van der Waals surface area contributed by atoms with Crippen molar-refractivity contribution < 1.29 is 27.7 Å². The van der Waals surface area contributed by atoms with Gasteiger partial charge in [-0.3, -0.25) is 29.6 Å². The number of benzene rings is 2. The van der Waals surface area contributed by atoms with E-state index in [0.29, 0.717) is 5.56 Å². The average molecular weight is 496 g/mol. The van der Waals surface area contributed by atoms with E-state index in [-0.39, 0.29) is 29.0 Å². The van der Waals surface area contributed by atoms with E-state index in [1.165, 1.54) is 48.8 Å². The summed E-state index contributed by atoms with van der Waals surface area (Å²) < 4.78 is 41.5. The number of aromatic nitrogens is 1. The lowest BCUT2D eigenvalue weighted by Crippen LogP contribution is -2.51. The number of hydrogen-bond acceptors (Lipinski definition) is 6. The first-order valence-corrected chi connectivity index (χ1v) is 11.0. The van der Waals surface area contributed by atoms with Gasteiger partial charge in [-0.2, -0.15) is 13.2 Å². The number of non-ortho nitro benzene ring substituents is 1. The van der Waals surface area contributed by atoms with Crippen LogP contribution in [0.15, 0.2) is 67.0 Å². The topological polar surface area (TPSA) is 105 Å². The molecule has 2 aromatic carbocycles. The molecular weight excluding hydrogens is 477 g/mol. The molecule has 2 aliphatic rings. The lowest BCUT2D eigenvalue weighted by atomic mass is 9.70. The maximum atomic E-state index is 14.0. The largest absolute Gasteiger partial charge is 0.418 e. The van der Waals surface area contributed by atoms with Gasteiger partial charge < -0.3 is 5.32 Å². The van der Waals surface area contributed by atoms with Crippen molar-refractivity contribution in [2.45, 2.75) is 17.6 Å². The molecule has 3 aromatic rings. The summed E-state index contributed by atoms with van der Waals surface area (Å²) >= 11 is 0. The number of pyridine rings is 1. The number of Topliss-reactive ketones (excluding diaryl/α,β-unsaturated/α-hetero) is 1. The normalized spacial score (nSPS) is 23.5. The number of para-hydroxylation sites is 1. The van der Waals surface area contributed by atoms with Crippen molar-refractivity contribution in [3.8, 4) is 0 Å². The molecule has 1 N–H and O–H groups in total. The van der Waals surface area contributed by atoms with E-state index in [1.54, 1.807) is 24.1 Å². The number of hydrogen-bond donors (Lipinski definition) is 1. The van der Waals surface area contributed by atoms with Crippen LogP contribution in [0, 0.1) is 16.0 Å². The van der Waals surface area contributed by atoms with Gasteiger partial charge in [0.2, 0.25) is 5.91 Å². The van der Waals surface area contributed by atoms with Crippen LogP contribution in [0.2, 0.25) is 0 Å². The van der Waals surface area contributed by atoms with Crippen molar-refractivity contribution in [1.82, 2.24) is 9.88 Å². The minimum absolute atomic E-state index is 0.0417. The highest BCUT2D eigenvalue weighted by atomic mass is 19.4. The first-order valence-electron chi connectivity index (χ1n) is 11.0. The predicted octanol–water partition coefficient (Wildman–Crippen LogP) is 4.38. The smallest absolute Gasteiger partial charge is 0.323 e. The third-order valence-electron chi connectivity index (χ3n) is 7.03. The number of fused-ring (bicyclic) bond motifs is 2. The van der Waals surface area contributed by atoms with Crippen LogP contribution in [0.4, 0.5) is 24.5 Å². The Hall–Kier alpha value is -4.12. The van der Waals surface area contributed by atoms with Crippen molar-refractivity contribution >= 4 is 23.1 Å². The van der Waals surface area contributed by atoms with E-state index in [9.17, 15) is 32.9 Å². The van der Waals surface area contributed by atoms with Gasteiger partial charge in [-0.15, -0.1) is 0 Å². The lowest BCUT2D eigenvalue weighted by molar-refractivity contribution is -0.384. The summed E-state index contributed by atoms with van der Waals surface area (Å²) in [6, 6.07) is 12.3. The lowest BCUT2D eigenvalue weighted by Gasteiger charge is -2.35. The van der Waals surface area contributed by atoms with Crippen molar-refractivity contribution in [2.75, 3.05) is 18.9 Å². The van der Waals surface area contributed by atoms with Crippen LogP contribution in [-0.4, -0.2) is 40.1 Å². The molecule has 3 atom stereocenters. The number of rotatable bonds is 4. The van der Waals surface area contributed by atoms with Crippen LogP contribution >= 0.6 is 0 Å². The standard InChI is InChI=1S/C25H19F3N4O4/c1-31-13-17(14-5-2-7-16(11-14)32(35)36)20(22(33)15-6-4-10-29-12-15)24(31)18-8-3-9-19(25(26,27)28)21(18)30-23(24)34/h2-12,17,20H,13H2,1H3,(H,30,34)/t17-,20+,24+/m0/s1. The van der Waals surface area contributed by atoms with Crippen LogP contribution in [0.5, 0.6) is 0 Å². The van der Waals surface area contributed by atoms with Gasteiger partial charge in [-0.1, -0.05) is 24.3 Å². The number of alkyl halides is 3. The molecule has 1 amide bonds. The Balaban J connectivity index is 1.76. The quantitative estimate of drug-likeness (QED) is 0.327. The second-order valence-corrected chi connectivity index (χ2v) is 8.87. The highest BCUT2D eigenvalue weighted by molar-refractivity contribution is 6.12. The molecule has 36 heavy (non-hydrogen) atoms. The molecule has 0 bridgehead atoms. The maximum absolute atomic E-state index is 14.0. The summed E-state index contributed by atoms with van der Waals surface area (Å²) in [7, 11) is 1.57. The first kappa shape index (κ1) is 23.6. The minimum atomic E-state index is -4.73. The highest BCUT2D eigenvalue weighted by Gasteiger charge is 2.65. The first-order chi connectivity index (χ1) is 17.1. The van der Waals surface area contributed by atoms with Crippen molar-refractivity contribution in [3.05, 3.63) is 99.4 Å². The third-order valence-corrected chi connectivity index (χ3v) is 7.03. The predicted molar refractivity (Wildman–Crippen MR) is 122 cm³/mol. The van der Waals surface area contributed by atoms with Crippen molar-refractivity contribution in [1.29, 1.82) is 0 Å². The Bertz CT molecular complexity index is 1400. The van der Waals surface area contributed by atoms with E-state index in [2.05, 4.69) is 10.3 Å². The summed E-state index contributed by atoms with van der Waals surface area (Å²) in [4.78, 5) is 44.0. The molecule has 11 heteroatoms. The summed E-state index contributed by atoms with van der Waals surface area (Å²) in [5.74, 6) is -3.16. The molecule has 0 unspecified atom stereocenters. The minimum Gasteiger partial charge on any atom is -0.323 e. The average Bonchev–Trinajstić information content (AvgIpc) is 3.33. The van der Waals surface area contributed by atoms with Gasteiger partial charge in [-0.25, -0.2) is 0 Å². The van der Waals surface area contributed by atoms with Gasteiger partial charge in [0.05, 0.1) is 22.1 Å². The Morgan fingerprint density at radius 2 is 1.94 bits per heavy atom. The molecule has 184 valence electrons. The molecule has 0 radical (unpaired) electrons. The van der Waals surface area contributed by atoms with Gasteiger partial charge in [0, 0.05) is 48.1 Å². The Kier molecular flexibility index (Phi) is 5.40. The monoisotopic (exact) mass is 496 g/mol. The molecule has 8 nitrogen and oxygen atoms in total. The number of carbonyl (C=O) groups is 2. The van der Waals surface area contributed by atoms with E-state index in [4.69, 9.17) is 0 Å². The second kappa shape index (κ2) is 8.23. The number of nitro groups is 1. The molecule has 0 saturated carbocycles. The Morgan fingerprint density at radius 3 is 2.61 bits per heavy atom. The number of likely N-dealkylation sites (tertiary alicyclic amines) is 1. The van der Waals surface area contributed by atoms with E-state index < -0.39 is 45.7 Å². The number of nitrogens with zero attached hydrogens (tertiary/aromatic N) is 3.